The average Bonchev–Trinajstić information content (AvgIpc) is 3.42. The molecule has 3 heterocycles. The predicted octanol–water partition coefficient (Wildman–Crippen LogP) is 1.49. The van der Waals surface area contributed by atoms with Gasteiger partial charge in [0.25, 0.3) is 5.91 Å². The van der Waals surface area contributed by atoms with Crippen LogP contribution >= 0.6 is 0 Å². The molecule has 0 saturated carbocycles. The lowest BCUT2D eigenvalue weighted by atomic mass is 9.89. The summed E-state index contributed by atoms with van der Waals surface area (Å²) in [6.45, 7) is 2.88. The Bertz CT molecular complexity index is 857. The minimum absolute atomic E-state index is 0.0619. The smallest absolute Gasteiger partial charge is 0.253 e. The zero-order valence-corrected chi connectivity index (χ0v) is 17.1. The van der Waals surface area contributed by atoms with Gasteiger partial charge in [0, 0.05) is 64.0 Å². The number of hydrogen-bond acceptors (Lipinski definition) is 4. The van der Waals surface area contributed by atoms with Gasteiger partial charge in [0.2, 0.25) is 5.91 Å². The second-order valence-electron chi connectivity index (χ2n) is 8.16. The van der Waals surface area contributed by atoms with Crippen LogP contribution in [0.25, 0.3) is 0 Å². The SMILES string of the molecule is CN(C(=O)[C@H]1CNC[C@@H]1c1cnn(C)c1)C1CCN(C(=O)c2ccccc2)CC1. The quantitative estimate of drug-likeness (QED) is 0.852. The van der Waals surface area contributed by atoms with Crippen molar-refractivity contribution < 1.29 is 9.59 Å². The van der Waals surface area contributed by atoms with Gasteiger partial charge in [-0.15, -0.1) is 0 Å². The molecule has 1 aromatic carbocycles. The molecule has 2 amide bonds. The Morgan fingerprint density at radius 3 is 2.52 bits per heavy atom. The first kappa shape index (κ1) is 19.6. The van der Waals surface area contributed by atoms with E-state index >= 15 is 0 Å². The summed E-state index contributed by atoms with van der Waals surface area (Å²) < 4.78 is 1.79. The molecule has 4 rings (SSSR count). The fraction of sp³-hybridized carbons (Fsp3) is 0.500. The number of nitrogens with zero attached hydrogens (tertiary/aromatic N) is 4. The summed E-state index contributed by atoms with van der Waals surface area (Å²) in [6.07, 6.45) is 5.51. The van der Waals surface area contributed by atoms with Crippen molar-refractivity contribution in [2.45, 2.75) is 24.8 Å². The van der Waals surface area contributed by atoms with Gasteiger partial charge in [-0.05, 0) is 30.5 Å². The maximum Gasteiger partial charge on any atom is 0.253 e. The van der Waals surface area contributed by atoms with E-state index in [1.54, 1.807) is 4.68 Å². The molecule has 1 N–H and O–H groups in total. The van der Waals surface area contributed by atoms with E-state index in [0.29, 0.717) is 19.6 Å². The highest BCUT2D eigenvalue weighted by atomic mass is 16.2. The molecule has 2 aliphatic heterocycles. The van der Waals surface area contributed by atoms with E-state index in [-0.39, 0.29) is 29.7 Å². The third kappa shape index (κ3) is 4.05. The number of amides is 2. The van der Waals surface area contributed by atoms with Gasteiger partial charge < -0.3 is 15.1 Å². The zero-order chi connectivity index (χ0) is 20.4. The van der Waals surface area contributed by atoms with E-state index in [4.69, 9.17) is 0 Å². The highest BCUT2D eigenvalue weighted by Crippen LogP contribution is 2.30. The number of likely N-dealkylation sites (tertiary alicyclic amines) is 1. The fourth-order valence-electron chi connectivity index (χ4n) is 4.58. The third-order valence-electron chi connectivity index (χ3n) is 6.35. The first-order chi connectivity index (χ1) is 14.0. The number of rotatable bonds is 4. The van der Waals surface area contributed by atoms with E-state index in [0.717, 1.165) is 30.5 Å². The Balaban J connectivity index is 1.36. The van der Waals surface area contributed by atoms with Crippen molar-refractivity contribution in [1.29, 1.82) is 0 Å². The monoisotopic (exact) mass is 395 g/mol. The van der Waals surface area contributed by atoms with Crippen LogP contribution in [0.5, 0.6) is 0 Å². The normalized spacial score (nSPS) is 22.6. The van der Waals surface area contributed by atoms with Crippen LogP contribution in [0.3, 0.4) is 0 Å². The van der Waals surface area contributed by atoms with Crippen molar-refractivity contribution in [2.75, 3.05) is 33.2 Å². The Labute approximate surface area is 171 Å². The van der Waals surface area contributed by atoms with Crippen molar-refractivity contribution in [1.82, 2.24) is 24.9 Å². The van der Waals surface area contributed by atoms with Gasteiger partial charge in [0.15, 0.2) is 0 Å². The lowest BCUT2D eigenvalue weighted by Crippen LogP contribution is -2.49. The molecular formula is C22H29N5O2. The molecule has 2 fully saturated rings. The number of aromatic nitrogens is 2. The molecule has 7 nitrogen and oxygen atoms in total. The van der Waals surface area contributed by atoms with Crippen LogP contribution in [-0.2, 0) is 11.8 Å². The minimum atomic E-state index is -0.0619. The second-order valence-corrected chi connectivity index (χ2v) is 8.16. The lowest BCUT2D eigenvalue weighted by molar-refractivity contribution is -0.136. The van der Waals surface area contributed by atoms with Gasteiger partial charge in [-0.1, -0.05) is 18.2 Å². The number of nitrogens with one attached hydrogen (secondary N) is 1. The first-order valence-corrected chi connectivity index (χ1v) is 10.3. The van der Waals surface area contributed by atoms with Crippen LogP contribution in [0, 0.1) is 5.92 Å². The van der Waals surface area contributed by atoms with Crippen LogP contribution in [0.2, 0.25) is 0 Å². The molecule has 29 heavy (non-hydrogen) atoms. The first-order valence-electron chi connectivity index (χ1n) is 10.3. The number of hydrogen-bond donors (Lipinski definition) is 1. The Kier molecular flexibility index (Phi) is 5.67. The number of carbonyl (C=O) groups excluding carboxylic acids is 2. The summed E-state index contributed by atoms with van der Waals surface area (Å²) in [5.41, 5.74) is 1.85. The van der Waals surface area contributed by atoms with E-state index in [1.165, 1.54) is 0 Å². The van der Waals surface area contributed by atoms with Gasteiger partial charge in [-0.25, -0.2) is 0 Å². The highest BCUT2D eigenvalue weighted by molar-refractivity contribution is 5.94. The van der Waals surface area contributed by atoms with E-state index in [2.05, 4.69) is 10.4 Å². The lowest BCUT2D eigenvalue weighted by Gasteiger charge is -2.38. The molecule has 7 heteroatoms. The van der Waals surface area contributed by atoms with Crippen molar-refractivity contribution in [2.24, 2.45) is 13.0 Å². The topological polar surface area (TPSA) is 70.5 Å². The number of benzene rings is 1. The molecule has 2 aliphatic rings. The second kappa shape index (κ2) is 8.37. The van der Waals surface area contributed by atoms with Gasteiger partial charge in [-0.3, -0.25) is 14.3 Å². The summed E-state index contributed by atoms with van der Waals surface area (Å²) in [5, 5.41) is 7.64. The Morgan fingerprint density at radius 1 is 1.14 bits per heavy atom. The summed E-state index contributed by atoms with van der Waals surface area (Å²) in [6, 6.07) is 9.59. The van der Waals surface area contributed by atoms with E-state index in [9.17, 15) is 9.59 Å². The van der Waals surface area contributed by atoms with Crippen molar-refractivity contribution in [3.8, 4) is 0 Å². The number of piperidine rings is 1. The van der Waals surface area contributed by atoms with Crippen LogP contribution in [0.1, 0.15) is 34.7 Å². The van der Waals surface area contributed by atoms with Crippen LogP contribution in [-0.4, -0.2) is 70.7 Å². The molecule has 0 bridgehead atoms. The molecule has 0 radical (unpaired) electrons. The largest absolute Gasteiger partial charge is 0.342 e. The molecule has 2 aromatic rings. The molecular weight excluding hydrogens is 366 g/mol. The van der Waals surface area contributed by atoms with Crippen LogP contribution in [0.4, 0.5) is 0 Å². The molecule has 2 atom stereocenters. The van der Waals surface area contributed by atoms with E-state index in [1.807, 2.05) is 66.6 Å². The van der Waals surface area contributed by atoms with Crippen molar-refractivity contribution in [3.05, 3.63) is 53.9 Å². The number of aryl methyl sites for hydroxylation is 1. The van der Waals surface area contributed by atoms with Gasteiger partial charge in [0.05, 0.1) is 12.1 Å². The van der Waals surface area contributed by atoms with Crippen LogP contribution < -0.4 is 5.32 Å². The fourth-order valence-corrected chi connectivity index (χ4v) is 4.58. The van der Waals surface area contributed by atoms with Gasteiger partial charge >= 0.3 is 0 Å². The Morgan fingerprint density at radius 2 is 1.86 bits per heavy atom. The maximum absolute atomic E-state index is 13.3. The maximum atomic E-state index is 13.3. The molecule has 0 spiro atoms. The van der Waals surface area contributed by atoms with Gasteiger partial charge in [0.1, 0.15) is 0 Å². The van der Waals surface area contributed by atoms with Gasteiger partial charge in [-0.2, -0.15) is 5.10 Å². The summed E-state index contributed by atoms with van der Waals surface area (Å²) in [7, 11) is 3.82. The summed E-state index contributed by atoms with van der Waals surface area (Å²) in [5.74, 6) is 0.373. The van der Waals surface area contributed by atoms with E-state index < -0.39 is 0 Å². The highest BCUT2D eigenvalue weighted by Gasteiger charge is 2.38. The summed E-state index contributed by atoms with van der Waals surface area (Å²) in [4.78, 5) is 29.7. The standard InChI is InChI=1S/C22H29N5O2/c1-25-15-17(12-24-25)19-13-23-14-20(19)22(29)26(2)18-8-10-27(11-9-18)21(28)16-6-4-3-5-7-16/h3-7,12,15,18-20,23H,8-11,13-14H2,1-2H3/t19-,20+/m1/s1. The summed E-state index contributed by atoms with van der Waals surface area (Å²) >= 11 is 0. The number of carbonyl (C=O) groups is 2. The van der Waals surface area contributed by atoms with Crippen LogP contribution in [0.15, 0.2) is 42.7 Å². The molecule has 0 aliphatic carbocycles. The Hall–Kier alpha value is -2.67. The minimum Gasteiger partial charge on any atom is -0.342 e. The zero-order valence-electron chi connectivity index (χ0n) is 17.1. The molecule has 0 unspecified atom stereocenters. The van der Waals surface area contributed by atoms with Crippen molar-refractivity contribution >= 4 is 11.8 Å². The van der Waals surface area contributed by atoms with Crippen molar-refractivity contribution in [3.63, 3.8) is 0 Å². The average molecular weight is 396 g/mol. The molecule has 154 valence electrons. The predicted molar refractivity (Wildman–Crippen MR) is 110 cm³/mol. The molecule has 2 saturated heterocycles. The molecule has 1 aromatic heterocycles. The third-order valence-corrected chi connectivity index (χ3v) is 6.35.